The first-order valence-electron chi connectivity index (χ1n) is 11.6. The van der Waals surface area contributed by atoms with Crippen molar-refractivity contribution >= 4 is 5.97 Å². The summed E-state index contributed by atoms with van der Waals surface area (Å²) in [5.74, 6) is 2.80. The van der Waals surface area contributed by atoms with Crippen molar-refractivity contribution in [2.75, 3.05) is 13.2 Å². The lowest BCUT2D eigenvalue weighted by Crippen LogP contribution is -2.04. The molecule has 0 heterocycles. The molecule has 0 aliphatic heterocycles. The van der Waals surface area contributed by atoms with Gasteiger partial charge in [0.15, 0.2) is 0 Å². The van der Waals surface area contributed by atoms with Gasteiger partial charge < -0.3 is 14.2 Å². The molecule has 0 fully saturated rings. The second kappa shape index (κ2) is 13.0. The Hall–Kier alpha value is -2.49. The number of unbranched alkanes of at least 4 members (excludes halogenated alkanes) is 4. The van der Waals surface area contributed by atoms with Gasteiger partial charge >= 0.3 is 5.97 Å². The molecule has 0 aliphatic carbocycles. The Balaban J connectivity index is 1.88. The molecule has 2 aromatic rings. The lowest BCUT2D eigenvalue weighted by molar-refractivity contribution is 0.0526. The number of hydrogen-bond acceptors (Lipinski definition) is 4. The van der Waals surface area contributed by atoms with Crippen LogP contribution in [0.3, 0.4) is 0 Å². The molecule has 2 aromatic carbocycles. The van der Waals surface area contributed by atoms with Crippen LogP contribution in [0, 0.1) is 19.8 Å². The number of carbonyl (C=O) groups excluding carboxylic acids is 1. The Kier molecular flexibility index (Phi) is 10.4. The first kappa shape index (κ1) is 24.8. The van der Waals surface area contributed by atoms with Gasteiger partial charge in [-0.05, 0) is 75.1 Å². The molecule has 4 nitrogen and oxygen atoms in total. The summed E-state index contributed by atoms with van der Waals surface area (Å²) in [6.45, 7) is 11.5. The first-order chi connectivity index (χ1) is 14.9. The van der Waals surface area contributed by atoms with E-state index in [-0.39, 0.29) is 5.97 Å². The summed E-state index contributed by atoms with van der Waals surface area (Å²) in [6, 6.07) is 11.1. The maximum absolute atomic E-state index is 11.8. The van der Waals surface area contributed by atoms with Gasteiger partial charge in [-0.25, -0.2) is 4.79 Å². The van der Waals surface area contributed by atoms with Crippen LogP contribution in [-0.4, -0.2) is 19.2 Å². The predicted octanol–water partition coefficient (Wildman–Crippen LogP) is 7.65. The highest BCUT2D eigenvalue weighted by atomic mass is 16.5. The minimum Gasteiger partial charge on any atom is -0.493 e. The average Bonchev–Trinajstić information content (AvgIpc) is 2.73. The van der Waals surface area contributed by atoms with Crippen molar-refractivity contribution in [1.82, 2.24) is 0 Å². The lowest BCUT2D eigenvalue weighted by atomic mass is 10.0. The summed E-state index contributed by atoms with van der Waals surface area (Å²) in [5.41, 5.74) is 2.59. The molecule has 2 rings (SSSR count). The van der Waals surface area contributed by atoms with Gasteiger partial charge in [-0.1, -0.05) is 46.0 Å². The smallest absolute Gasteiger partial charge is 0.338 e. The van der Waals surface area contributed by atoms with E-state index in [1.54, 1.807) is 31.2 Å². The van der Waals surface area contributed by atoms with Gasteiger partial charge in [0.05, 0.1) is 18.8 Å². The monoisotopic (exact) mass is 426 g/mol. The minimum absolute atomic E-state index is 0.323. The molecule has 170 valence electrons. The quantitative estimate of drug-likeness (QED) is 0.244. The van der Waals surface area contributed by atoms with E-state index < -0.39 is 0 Å². The first-order valence-corrected chi connectivity index (χ1v) is 11.6. The maximum atomic E-state index is 11.8. The largest absolute Gasteiger partial charge is 0.493 e. The Bertz CT molecular complexity index is 809. The molecule has 0 unspecified atom stereocenters. The normalized spacial score (nSPS) is 10.9. The zero-order valence-electron chi connectivity index (χ0n) is 19.8. The van der Waals surface area contributed by atoms with E-state index in [0.717, 1.165) is 41.6 Å². The molecule has 0 radical (unpaired) electrons. The minimum atomic E-state index is -0.323. The topological polar surface area (TPSA) is 44.8 Å². The average molecular weight is 427 g/mol. The molecule has 0 bridgehead atoms. The number of benzene rings is 2. The van der Waals surface area contributed by atoms with Gasteiger partial charge in [-0.3, -0.25) is 0 Å². The Morgan fingerprint density at radius 2 is 1.55 bits per heavy atom. The van der Waals surface area contributed by atoms with E-state index in [0.29, 0.717) is 17.9 Å². The molecule has 0 saturated carbocycles. The maximum Gasteiger partial charge on any atom is 0.338 e. The number of carbonyl (C=O) groups is 1. The van der Waals surface area contributed by atoms with Crippen molar-refractivity contribution in [2.24, 2.45) is 5.92 Å². The van der Waals surface area contributed by atoms with Gasteiger partial charge in [0.25, 0.3) is 0 Å². The van der Waals surface area contributed by atoms with Gasteiger partial charge in [0.1, 0.15) is 17.2 Å². The molecule has 0 spiro atoms. The van der Waals surface area contributed by atoms with Crippen LogP contribution in [0.25, 0.3) is 0 Å². The third-order valence-electron chi connectivity index (χ3n) is 5.23. The van der Waals surface area contributed by atoms with Crippen LogP contribution >= 0.6 is 0 Å². The van der Waals surface area contributed by atoms with Crippen molar-refractivity contribution in [1.29, 1.82) is 0 Å². The molecule has 0 aromatic heterocycles. The van der Waals surface area contributed by atoms with E-state index in [4.69, 9.17) is 14.2 Å². The van der Waals surface area contributed by atoms with Crippen molar-refractivity contribution in [2.45, 2.75) is 73.1 Å². The van der Waals surface area contributed by atoms with Crippen LogP contribution in [0.2, 0.25) is 0 Å². The van der Waals surface area contributed by atoms with Crippen molar-refractivity contribution in [3.05, 3.63) is 53.1 Å². The summed E-state index contributed by atoms with van der Waals surface area (Å²) in [6.07, 6.45) is 7.53. The van der Waals surface area contributed by atoms with Gasteiger partial charge in [0.2, 0.25) is 0 Å². The van der Waals surface area contributed by atoms with Crippen LogP contribution in [0.4, 0.5) is 0 Å². The molecular weight excluding hydrogens is 388 g/mol. The Morgan fingerprint density at radius 1 is 0.903 bits per heavy atom. The summed E-state index contributed by atoms with van der Waals surface area (Å²) in [7, 11) is 0. The lowest BCUT2D eigenvalue weighted by Gasteiger charge is -2.15. The predicted molar refractivity (Wildman–Crippen MR) is 126 cm³/mol. The van der Waals surface area contributed by atoms with E-state index in [2.05, 4.69) is 19.9 Å². The third kappa shape index (κ3) is 8.64. The number of ether oxygens (including phenoxy) is 3. The highest BCUT2D eigenvalue weighted by molar-refractivity contribution is 5.89. The molecule has 0 N–H and O–H groups in total. The molecule has 0 atom stereocenters. The fourth-order valence-corrected chi connectivity index (χ4v) is 3.42. The highest BCUT2D eigenvalue weighted by Crippen LogP contribution is 2.33. The molecular formula is C27H38O4. The van der Waals surface area contributed by atoms with Crippen LogP contribution in [0.1, 0.15) is 80.8 Å². The number of hydrogen-bond donors (Lipinski definition) is 0. The van der Waals surface area contributed by atoms with Crippen molar-refractivity contribution in [3.8, 4) is 17.2 Å². The highest BCUT2D eigenvalue weighted by Gasteiger charge is 2.11. The van der Waals surface area contributed by atoms with Crippen LogP contribution in [0.15, 0.2) is 36.4 Å². The second-order valence-corrected chi connectivity index (χ2v) is 8.53. The SMILES string of the molecule is CCOC(=O)c1ccc(Oc2cc(C)cc(OCCCCCCCC(C)C)c2C)cc1. The van der Waals surface area contributed by atoms with Gasteiger partial charge in [-0.2, -0.15) is 0 Å². The van der Waals surface area contributed by atoms with Crippen LogP contribution in [-0.2, 0) is 4.74 Å². The summed E-state index contributed by atoms with van der Waals surface area (Å²) < 4.78 is 17.2. The molecule has 31 heavy (non-hydrogen) atoms. The number of rotatable bonds is 13. The number of aryl methyl sites for hydroxylation is 1. The van der Waals surface area contributed by atoms with E-state index in [1.165, 1.54) is 32.1 Å². The zero-order chi connectivity index (χ0) is 22.6. The zero-order valence-corrected chi connectivity index (χ0v) is 19.8. The molecule has 0 aliphatic rings. The summed E-state index contributed by atoms with van der Waals surface area (Å²) in [4.78, 5) is 11.8. The van der Waals surface area contributed by atoms with Crippen molar-refractivity contribution < 1.29 is 19.0 Å². The summed E-state index contributed by atoms with van der Waals surface area (Å²) >= 11 is 0. The fraction of sp³-hybridized carbons (Fsp3) is 0.519. The Morgan fingerprint density at radius 3 is 2.23 bits per heavy atom. The number of esters is 1. The van der Waals surface area contributed by atoms with E-state index >= 15 is 0 Å². The third-order valence-corrected chi connectivity index (χ3v) is 5.23. The van der Waals surface area contributed by atoms with Gasteiger partial charge in [0, 0.05) is 5.56 Å². The van der Waals surface area contributed by atoms with E-state index in [1.807, 2.05) is 19.9 Å². The summed E-state index contributed by atoms with van der Waals surface area (Å²) in [5, 5.41) is 0. The van der Waals surface area contributed by atoms with Crippen LogP contribution in [0.5, 0.6) is 17.2 Å². The van der Waals surface area contributed by atoms with E-state index in [9.17, 15) is 4.79 Å². The standard InChI is InChI=1S/C27H38O4/c1-6-29-27(28)23-13-15-24(16-14-23)31-26-19-21(4)18-25(22(26)5)30-17-11-9-7-8-10-12-20(2)3/h13-16,18-20H,6-12,17H2,1-5H3. The second-order valence-electron chi connectivity index (χ2n) is 8.53. The Labute approximate surface area is 187 Å². The molecule has 0 saturated heterocycles. The van der Waals surface area contributed by atoms with Crippen molar-refractivity contribution in [3.63, 3.8) is 0 Å². The fourth-order valence-electron chi connectivity index (χ4n) is 3.42. The molecule has 4 heteroatoms. The van der Waals surface area contributed by atoms with Gasteiger partial charge in [-0.15, -0.1) is 0 Å². The molecule has 0 amide bonds. The van der Waals surface area contributed by atoms with Crippen LogP contribution < -0.4 is 9.47 Å².